The number of hydrogen-bond acceptors (Lipinski definition) is 4. The first-order valence-corrected chi connectivity index (χ1v) is 8.55. The van der Waals surface area contributed by atoms with Gasteiger partial charge in [0.1, 0.15) is 5.69 Å². The van der Waals surface area contributed by atoms with Gasteiger partial charge in [0, 0.05) is 23.7 Å². The molecule has 0 spiro atoms. The Labute approximate surface area is 133 Å². The maximum Gasteiger partial charge on any atom is 0.267 e. The van der Waals surface area contributed by atoms with Crippen molar-refractivity contribution < 1.29 is 9.90 Å². The number of aromatic amines is 1. The first kappa shape index (κ1) is 15.2. The summed E-state index contributed by atoms with van der Waals surface area (Å²) in [5.41, 5.74) is 1.55. The Morgan fingerprint density at radius 2 is 2.23 bits per heavy atom. The summed E-state index contributed by atoms with van der Waals surface area (Å²) in [5.74, 6) is -0.183. The van der Waals surface area contributed by atoms with E-state index < -0.39 is 5.60 Å². The van der Waals surface area contributed by atoms with E-state index in [1.165, 1.54) is 6.42 Å². The molecule has 0 aromatic carbocycles. The first-order chi connectivity index (χ1) is 10.6. The van der Waals surface area contributed by atoms with E-state index in [1.54, 1.807) is 23.6 Å². The van der Waals surface area contributed by atoms with Gasteiger partial charge in [-0.25, -0.2) is 4.98 Å². The van der Waals surface area contributed by atoms with Crippen LogP contribution in [0.3, 0.4) is 0 Å². The Kier molecular flexibility index (Phi) is 4.31. The van der Waals surface area contributed by atoms with E-state index in [1.807, 2.05) is 12.3 Å². The van der Waals surface area contributed by atoms with Crippen molar-refractivity contribution in [1.29, 1.82) is 0 Å². The van der Waals surface area contributed by atoms with Crippen LogP contribution in [-0.4, -0.2) is 33.1 Å². The molecule has 0 bridgehead atoms. The Bertz CT molecular complexity index is 656. The summed E-state index contributed by atoms with van der Waals surface area (Å²) in [5, 5.41) is 16.2. The quantitative estimate of drug-likeness (QED) is 0.811. The number of aromatic nitrogens is 2. The van der Waals surface area contributed by atoms with Crippen molar-refractivity contribution in [3.8, 4) is 11.3 Å². The van der Waals surface area contributed by atoms with Gasteiger partial charge in [0.15, 0.2) is 0 Å². The molecule has 3 rings (SSSR count). The molecular formula is C16H21N3O2S. The summed E-state index contributed by atoms with van der Waals surface area (Å²) in [6.07, 6.45) is 6.55. The van der Waals surface area contributed by atoms with Crippen LogP contribution in [0.15, 0.2) is 17.6 Å². The van der Waals surface area contributed by atoms with Crippen LogP contribution in [0.25, 0.3) is 11.3 Å². The molecule has 0 aliphatic heterocycles. The van der Waals surface area contributed by atoms with Crippen LogP contribution < -0.4 is 5.32 Å². The monoisotopic (exact) mass is 319 g/mol. The first-order valence-electron chi connectivity index (χ1n) is 7.67. The van der Waals surface area contributed by atoms with Crippen molar-refractivity contribution in [3.05, 3.63) is 28.3 Å². The Hall–Kier alpha value is -1.66. The summed E-state index contributed by atoms with van der Waals surface area (Å²) < 4.78 is 0. The highest BCUT2D eigenvalue weighted by Gasteiger charge is 2.29. The number of aliphatic hydroxyl groups is 1. The van der Waals surface area contributed by atoms with Crippen molar-refractivity contribution in [3.63, 3.8) is 0 Å². The molecule has 118 valence electrons. The second-order valence-corrected chi connectivity index (χ2v) is 7.08. The molecule has 6 heteroatoms. The van der Waals surface area contributed by atoms with Crippen LogP contribution in [0.2, 0.25) is 0 Å². The minimum Gasteiger partial charge on any atom is -0.388 e. The summed E-state index contributed by atoms with van der Waals surface area (Å²) in [7, 11) is 0. The van der Waals surface area contributed by atoms with Crippen LogP contribution in [0.5, 0.6) is 0 Å². The number of rotatable bonds is 4. The Balaban J connectivity index is 1.62. The second kappa shape index (κ2) is 6.22. The van der Waals surface area contributed by atoms with Crippen LogP contribution in [0.1, 0.15) is 47.6 Å². The number of carbonyl (C=O) groups is 1. The van der Waals surface area contributed by atoms with E-state index in [4.69, 9.17) is 0 Å². The lowest BCUT2D eigenvalue weighted by Gasteiger charge is -2.32. The molecule has 1 amide bonds. The maximum atomic E-state index is 12.2. The molecule has 22 heavy (non-hydrogen) atoms. The number of thiazole rings is 1. The van der Waals surface area contributed by atoms with Crippen LogP contribution in [0, 0.1) is 6.92 Å². The molecular weight excluding hydrogens is 298 g/mol. The zero-order valence-electron chi connectivity index (χ0n) is 12.7. The van der Waals surface area contributed by atoms with E-state index in [9.17, 15) is 9.90 Å². The fraction of sp³-hybridized carbons (Fsp3) is 0.500. The molecule has 0 unspecified atom stereocenters. The number of H-pyrrole nitrogens is 1. The van der Waals surface area contributed by atoms with E-state index in [0.717, 1.165) is 41.9 Å². The zero-order valence-corrected chi connectivity index (χ0v) is 13.5. The predicted molar refractivity (Wildman–Crippen MR) is 87.0 cm³/mol. The molecule has 0 atom stereocenters. The van der Waals surface area contributed by atoms with Crippen molar-refractivity contribution in [2.75, 3.05) is 6.54 Å². The van der Waals surface area contributed by atoms with Crippen LogP contribution in [0.4, 0.5) is 0 Å². The smallest absolute Gasteiger partial charge is 0.267 e. The summed E-state index contributed by atoms with van der Waals surface area (Å²) in [6.45, 7) is 2.27. The maximum absolute atomic E-state index is 12.2. The lowest BCUT2D eigenvalue weighted by atomic mass is 9.85. The Morgan fingerprint density at radius 3 is 2.91 bits per heavy atom. The van der Waals surface area contributed by atoms with Gasteiger partial charge in [-0.1, -0.05) is 19.3 Å². The van der Waals surface area contributed by atoms with Crippen molar-refractivity contribution in [2.24, 2.45) is 0 Å². The molecule has 5 nitrogen and oxygen atoms in total. The minimum atomic E-state index is -0.741. The summed E-state index contributed by atoms with van der Waals surface area (Å²) in [6, 6.07) is 1.80. The SMILES string of the molecule is Cc1nc(-c2c[nH]c(C(=O)NCC3(O)CCCCC3)c2)cs1. The summed E-state index contributed by atoms with van der Waals surface area (Å²) in [4.78, 5) is 19.6. The van der Waals surface area contributed by atoms with E-state index in [2.05, 4.69) is 15.3 Å². The van der Waals surface area contributed by atoms with Gasteiger partial charge < -0.3 is 15.4 Å². The van der Waals surface area contributed by atoms with Crippen molar-refractivity contribution >= 4 is 17.2 Å². The number of carbonyl (C=O) groups excluding carboxylic acids is 1. The fourth-order valence-corrected chi connectivity index (χ4v) is 3.52. The molecule has 1 aliphatic carbocycles. The lowest BCUT2D eigenvalue weighted by Crippen LogP contribution is -2.44. The van der Waals surface area contributed by atoms with Crippen molar-refractivity contribution in [2.45, 2.75) is 44.6 Å². The second-order valence-electron chi connectivity index (χ2n) is 6.02. The molecule has 2 heterocycles. The third-order valence-electron chi connectivity index (χ3n) is 4.20. The van der Waals surface area contributed by atoms with Gasteiger partial charge in [-0.15, -0.1) is 11.3 Å². The number of nitrogens with one attached hydrogen (secondary N) is 2. The predicted octanol–water partition coefficient (Wildman–Crippen LogP) is 2.87. The highest BCUT2D eigenvalue weighted by Crippen LogP contribution is 2.27. The molecule has 1 saturated carbocycles. The highest BCUT2D eigenvalue weighted by atomic mass is 32.1. The molecule has 3 N–H and O–H groups in total. The topological polar surface area (TPSA) is 78.0 Å². The normalized spacial score (nSPS) is 17.4. The molecule has 0 radical (unpaired) electrons. The van der Waals surface area contributed by atoms with E-state index in [0.29, 0.717) is 12.2 Å². The largest absolute Gasteiger partial charge is 0.388 e. The minimum absolute atomic E-state index is 0.183. The average Bonchev–Trinajstić information content (AvgIpc) is 3.14. The summed E-state index contributed by atoms with van der Waals surface area (Å²) >= 11 is 1.59. The molecule has 2 aromatic rings. The van der Waals surface area contributed by atoms with Gasteiger partial charge >= 0.3 is 0 Å². The molecule has 0 saturated heterocycles. The zero-order chi connectivity index (χ0) is 15.6. The molecule has 1 aliphatic rings. The highest BCUT2D eigenvalue weighted by molar-refractivity contribution is 7.09. The number of amides is 1. The standard InChI is InChI=1S/C16H21N3O2S/c1-11-19-14(9-22-11)12-7-13(17-8-12)15(20)18-10-16(21)5-3-2-4-6-16/h7-9,17,21H,2-6,10H2,1H3,(H,18,20). The van der Waals surface area contributed by atoms with Gasteiger partial charge in [0.2, 0.25) is 0 Å². The van der Waals surface area contributed by atoms with Gasteiger partial charge in [-0.2, -0.15) is 0 Å². The van der Waals surface area contributed by atoms with Crippen LogP contribution in [-0.2, 0) is 0 Å². The van der Waals surface area contributed by atoms with E-state index in [-0.39, 0.29) is 5.91 Å². The Morgan fingerprint density at radius 1 is 1.45 bits per heavy atom. The average molecular weight is 319 g/mol. The molecule has 2 aromatic heterocycles. The van der Waals surface area contributed by atoms with Gasteiger partial charge in [0.05, 0.1) is 16.3 Å². The van der Waals surface area contributed by atoms with Gasteiger partial charge in [-0.3, -0.25) is 4.79 Å². The third-order valence-corrected chi connectivity index (χ3v) is 4.98. The van der Waals surface area contributed by atoms with Crippen molar-refractivity contribution in [1.82, 2.24) is 15.3 Å². The molecule has 1 fully saturated rings. The van der Waals surface area contributed by atoms with Gasteiger partial charge in [-0.05, 0) is 25.8 Å². The third kappa shape index (κ3) is 3.39. The fourth-order valence-electron chi connectivity index (χ4n) is 2.90. The van der Waals surface area contributed by atoms with Crippen LogP contribution >= 0.6 is 11.3 Å². The van der Waals surface area contributed by atoms with E-state index >= 15 is 0 Å². The number of hydrogen-bond donors (Lipinski definition) is 3. The van der Waals surface area contributed by atoms with Gasteiger partial charge in [0.25, 0.3) is 5.91 Å². The lowest BCUT2D eigenvalue weighted by molar-refractivity contribution is 0.00522. The number of nitrogens with zero attached hydrogens (tertiary/aromatic N) is 1. The number of aryl methyl sites for hydroxylation is 1.